The number of fused-ring (bicyclic) bond motifs is 1. The van der Waals surface area contributed by atoms with Gasteiger partial charge in [-0.05, 0) is 51.3 Å². The molecule has 2 fully saturated rings. The average molecular weight is 543 g/mol. The Balaban J connectivity index is 1.41. The lowest BCUT2D eigenvalue weighted by Crippen LogP contribution is -2.53. The van der Waals surface area contributed by atoms with E-state index >= 15 is 0 Å². The van der Waals surface area contributed by atoms with E-state index in [0.717, 1.165) is 54.1 Å². The third-order valence-corrected chi connectivity index (χ3v) is 7.60. The predicted octanol–water partition coefficient (Wildman–Crippen LogP) is 4.33. The zero-order valence-corrected chi connectivity index (χ0v) is 22.9. The molecule has 2 saturated heterocycles. The van der Waals surface area contributed by atoms with Crippen molar-refractivity contribution < 1.29 is 23.0 Å². The topological polar surface area (TPSA) is 84.7 Å². The maximum atomic E-state index is 13.7. The first-order valence-corrected chi connectivity index (χ1v) is 13.4. The van der Waals surface area contributed by atoms with Crippen molar-refractivity contribution in [3.63, 3.8) is 0 Å². The summed E-state index contributed by atoms with van der Waals surface area (Å²) in [6.07, 6.45) is 2.16. The van der Waals surface area contributed by atoms with Crippen LogP contribution in [-0.2, 0) is 4.79 Å². The largest absolute Gasteiger partial charge is 0.495 e. The first-order valence-electron chi connectivity index (χ1n) is 13.4. The summed E-state index contributed by atoms with van der Waals surface area (Å²) in [6.45, 7) is 8.48. The third kappa shape index (κ3) is 5.78. The van der Waals surface area contributed by atoms with Crippen LogP contribution >= 0.6 is 0 Å². The molecule has 2 aliphatic heterocycles. The van der Waals surface area contributed by atoms with E-state index < -0.39 is 6.55 Å². The van der Waals surface area contributed by atoms with Crippen molar-refractivity contribution in [1.82, 2.24) is 24.8 Å². The van der Waals surface area contributed by atoms with Crippen molar-refractivity contribution in [3.05, 3.63) is 30.6 Å². The predicted molar refractivity (Wildman–Crippen MR) is 146 cm³/mol. The second kappa shape index (κ2) is 11.0. The fourth-order valence-corrected chi connectivity index (χ4v) is 5.33. The quantitative estimate of drug-likeness (QED) is 0.454. The summed E-state index contributed by atoms with van der Waals surface area (Å²) >= 11 is 0. The maximum absolute atomic E-state index is 13.7. The molecule has 2 aliphatic rings. The van der Waals surface area contributed by atoms with Gasteiger partial charge in [0.1, 0.15) is 17.6 Å². The lowest BCUT2D eigenvalue weighted by Gasteiger charge is -2.43. The van der Waals surface area contributed by atoms with Gasteiger partial charge >= 0.3 is 6.55 Å². The third-order valence-electron chi connectivity index (χ3n) is 7.60. The standard InChI is InChI=1S/C28H36F2N6O3/c1-28(2,3)35-10-8-34(9-11-35)22-6-5-19(14-23(22)38-4)20-15-21-25(36(17-32-21)27(29)30)26(33-20)39-12-7-18-13-24(37)31-16-18/h5-6,14-15,17-18,27H,7-13,16H2,1-4H3,(H,31,37)/t18-/m1/s1. The summed E-state index contributed by atoms with van der Waals surface area (Å²) in [7, 11) is 1.64. The number of pyridine rings is 1. The van der Waals surface area contributed by atoms with E-state index in [2.05, 4.69) is 45.9 Å². The molecule has 11 heteroatoms. The Kier molecular flexibility index (Phi) is 7.61. The second-order valence-electron chi connectivity index (χ2n) is 11.2. The lowest BCUT2D eigenvalue weighted by atomic mass is 10.0. The SMILES string of the molecule is COc1cc(-c2cc3ncn(C(F)F)c3c(OCC[C@H]3CNC(=O)C3)n2)ccc1N1CCN(C(C)(C)C)CC1. The molecule has 3 aromatic rings. The fraction of sp³-hybridized carbons (Fsp3) is 0.536. The van der Waals surface area contributed by atoms with Gasteiger partial charge < -0.3 is 19.7 Å². The van der Waals surface area contributed by atoms with Gasteiger partial charge in [-0.25, -0.2) is 9.97 Å². The molecular weight excluding hydrogens is 506 g/mol. The number of benzene rings is 1. The summed E-state index contributed by atoms with van der Waals surface area (Å²) in [6, 6.07) is 7.60. The van der Waals surface area contributed by atoms with E-state index in [9.17, 15) is 13.6 Å². The molecule has 0 bridgehead atoms. The van der Waals surface area contributed by atoms with Gasteiger partial charge in [-0.3, -0.25) is 14.3 Å². The number of methoxy groups -OCH3 is 1. The molecule has 1 atom stereocenters. The van der Waals surface area contributed by atoms with Crippen LogP contribution in [0.25, 0.3) is 22.3 Å². The Labute approximate surface area is 227 Å². The minimum Gasteiger partial charge on any atom is -0.495 e. The number of anilines is 1. The Morgan fingerprint density at radius 1 is 1.15 bits per heavy atom. The molecule has 1 amide bonds. The van der Waals surface area contributed by atoms with E-state index in [1.165, 1.54) is 0 Å². The van der Waals surface area contributed by atoms with Gasteiger partial charge in [-0.15, -0.1) is 0 Å². The zero-order valence-electron chi connectivity index (χ0n) is 22.9. The molecule has 39 heavy (non-hydrogen) atoms. The summed E-state index contributed by atoms with van der Waals surface area (Å²) in [5.74, 6) is 0.988. The second-order valence-corrected chi connectivity index (χ2v) is 11.2. The minimum atomic E-state index is -2.78. The van der Waals surface area contributed by atoms with Gasteiger partial charge in [0.25, 0.3) is 0 Å². The van der Waals surface area contributed by atoms with Gasteiger partial charge in [0, 0.05) is 50.2 Å². The molecule has 0 spiro atoms. The number of hydrogen-bond donors (Lipinski definition) is 1. The van der Waals surface area contributed by atoms with Crippen molar-refractivity contribution in [3.8, 4) is 22.9 Å². The van der Waals surface area contributed by atoms with Crippen molar-refractivity contribution in [2.24, 2.45) is 5.92 Å². The summed E-state index contributed by atoms with van der Waals surface area (Å²) < 4.78 is 39.9. The smallest absolute Gasteiger partial charge is 0.320 e. The first kappa shape index (κ1) is 27.1. The normalized spacial score (nSPS) is 18.7. The minimum absolute atomic E-state index is 0.0202. The van der Waals surface area contributed by atoms with Crippen LogP contribution in [0.1, 0.15) is 40.2 Å². The van der Waals surface area contributed by atoms with Crippen molar-refractivity contribution >= 4 is 22.6 Å². The van der Waals surface area contributed by atoms with Gasteiger partial charge in [0.15, 0.2) is 0 Å². The molecule has 2 aromatic heterocycles. The number of piperazine rings is 1. The van der Waals surface area contributed by atoms with Gasteiger partial charge in [0.05, 0.1) is 30.6 Å². The molecule has 0 aliphatic carbocycles. The van der Waals surface area contributed by atoms with Crippen molar-refractivity contribution in [2.45, 2.75) is 45.7 Å². The lowest BCUT2D eigenvalue weighted by molar-refractivity contribution is -0.119. The highest BCUT2D eigenvalue weighted by atomic mass is 19.3. The highest BCUT2D eigenvalue weighted by molar-refractivity contribution is 5.85. The molecular formula is C28H36F2N6O3. The number of rotatable bonds is 8. The number of hydrogen-bond acceptors (Lipinski definition) is 7. The molecule has 1 aromatic carbocycles. The summed E-state index contributed by atoms with van der Waals surface area (Å²) in [4.78, 5) is 25.2. The van der Waals surface area contributed by atoms with Crippen LogP contribution < -0.4 is 19.7 Å². The van der Waals surface area contributed by atoms with Crippen LogP contribution in [0.2, 0.25) is 0 Å². The Bertz CT molecular complexity index is 1330. The molecule has 5 rings (SSSR count). The number of alkyl halides is 2. The van der Waals surface area contributed by atoms with Crippen LogP contribution in [0.5, 0.6) is 11.6 Å². The highest BCUT2D eigenvalue weighted by Crippen LogP contribution is 2.37. The average Bonchev–Trinajstić information content (AvgIpc) is 3.54. The van der Waals surface area contributed by atoms with E-state index in [-0.39, 0.29) is 35.4 Å². The van der Waals surface area contributed by atoms with Crippen LogP contribution in [0.4, 0.5) is 14.5 Å². The molecule has 210 valence electrons. The van der Waals surface area contributed by atoms with E-state index in [1.54, 1.807) is 13.2 Å². The van der Waals surface area contributed by atoms with Crippen LogP contribution in [0.15, 0.2) is 30.6 Å². The zero-order chi connectivity index (χ0) is 27.7. The number of amides is 1. The summed E-state index contributed by atoms with van der Waals surface area (Å²) in [5, 5.41) is 2.80. The molecule has 9 nitrogen and oxygen atoms in total. The number of nitrogens with one attached hydrogen (secondary N) is 1. The molecule has 1 N–H and O–H groups in total. The number of carbonyl (C=O) groups excluding carboxylic acids is 1. The van der Waals surface area contributed by atoms with Crippen LogP contribution in [0, 0.1) is 5.92 Å². The number of aromatic nitrogens is 3. The van der Waals surface area contributed by atoms with Gasteiger partial charge in [-0.2, -0.15) is 8.78 Å². The van der Waals surface area contributed by atoms with Gasteiger partial charge in [0.2, 0.25) is 11.8 Å². The van der Waals surface area contributed by atoms with E-state index in [1.807, 2.05) is 18.2 Å². The first-order chi connectivity index (χ1) is 18.6. The number of halogens is 2. The number of ether oxygens (including phenoxy) is 2. The fourth-order valence-electron chi connectivity index (χ4n) is 5.33. The molecule has 0 radical (unpaired) electrons. The monoisotopic (exact) mass is 542 g/mol. The van der Waals surface area contributed by atoms with Crippen molar-refractivity contribution in [2.75, 3.05) is 51.3 Å². The van der Waals surface area contributed by atoms with E-state index in [0.29, 0.717) is 30.6 Å². The van der Waals surface area contributed by atoms with Gasteiger partial charge in [-0.1, -0.05) is 6.07 Å². The number of imidazole rings is 1. The molecule has 0 saturated carbocycles. The maximum Gasteiger partial charge on any atom is 0.320 e. The molecule has 0 unspecified atom stereocenters. The van der Waals surface area contributed by atoms with Crippen molar-refractivity contribution in [1.29, 1.82) is 0 Å². The Morgan fingerprint density at radius 2 is 1.92 bits per heavy atom. The Hall–Kier alpha value is -3.47. The summed E-state index contributed by atoms with van der Waals surface area (Å²) in [5.41, 5.74) is 2.98. The van der Waals surface area contributed by atoms with E-state index in [4.69, 9.17) is 9.47 Å². The number of nitrogens with zero attached hydrogens (tertiary/aromatic N) is 5. The number of carbonyl (C=O) groups is 1. The van der Waals surface area contributed by atoms with Crippen LogP contribution in [-0.4, -0.2) is 77.3 Å². The van der Waals surface area contributed by atoms with Crippen LogP contribution in [0.3, 0.4) is 0 Å². The highest BCUT2D eigenvalue weighted by Gasteiger charge is 2.27. The Morgan fingerprint density at radius 3 is 2.56 bits per heavy atom. The molecule has 4 heterocycles.